The van der Waals surface area contributed by atoms with E-state index in [0.717, 1.165) is 36.5 Å². The first-order valence-electron chi connectivity index (χ1n) is 9.13. The Bertz CT molecular complexity index is 958. The minimum atomic E-state index is -0.195. The number of carbonyl (C=O) groups excluding carboxylic acids is 1. The van der Waals surface area contributed by atoms with Gasteiger partial charge in [-0.05, 0) is 30.3 Å². The summed E-state index contributed by atoms with van der Waals surface area (Å²) in [5, 5.41) is 2.85. The van der Waals surface area contributed by atoms with Gasteiger partial charge in [0.25, 0.3) is 5.91 Å². The number of rotatable bonds is 4. The Kier molecular flexibility index (Phi) is 5.53. The van der Waals surface area contributed by atoms with E-state index in [-0.39, 0.29) is 5.91 Å². The van der Waals surface area contributed by atoms with Gasteiger partial charge in [-0.3, -0.25) is 4.79 Å². The van der Waals surface area contributed by atoms with Crippen molar-refractivity contribution in [1.82, 2.24) is 9.97 Å². The smallest absolute Gasteiger partial charge is 0.256 e. The number of nitrogens with zero attached hydrogens (tertiary/aromatic N) is 4. The molecule has 3 aromatic rings. The third kappa shape index (κ3) is 4.31. The Hall–Kier alpha value is -2.93. The van der Waals surface area contributed by atoms with Crippen LogP contribution in [0.3, 0.4) is 0 Å². The van der Waals surface area contributed by atoms with Crippen molar-refractivity contribution in [3.05, 3.63) is 77.0 Å². The van der Waals surface area contributed by atoms with Gasteiger partial charge in [0.2, 0.25) is 0 Å². The molecular weight excluding hydrogens is 418 g/mol. The van der Waals surface area contributed by atoms with Gasteiger partial charge in [-0.1, -0.05) is 40.2 Å². The molecule has 0 unspecified atom stereocenters. The van der Waals surface area contributed by atoms with E-state index in [2.05, 4.69) is 65.3 Å². The number of benzene rings is 2. The summed E-state index contributed by atoms with van der Waals surface area (Å²) in [6, 6.07) is 19.5. The van der Waals surface area contributed by atoms with Crippen molar-refractivity contribution in [2.24, 2.45) is 0 Å². The van der Waals surface area contributed by atoms with E-state index in [1.54, 1.807) is 12.1 Å². The molecule has 1 fully saturated rings. The van der Waals surface area contributed by atoms with Crippen LogP contribution in [0.5, 0.6) is 0 Å². The third-order valence-corrected chi connectivity index (χ3v) is 5.20. The first-order valence-corrected chi connectivity index (χ1v) is 9.92. The average molecular weight is 438 g/mol. The van der Waals surface area contributed by atoms with E-state index < -0.39 is 0 Å². The first-order chi connectivity index (χ1) is 13.7. The molecule has 1 N–H and O–H groups in total. The van der Waals surface area contributed by atoms with Crippen molar-refractivity contribution in [2.45, 2.75) is 0 Å². The fourth-order valence-electron chi connectivity index (χ4n) is 3.24. The van der Waals surface area contributed by atoms with Crippen molar-refractivity contribution in [3.8, 4) is 0 Å². The summed E-state index contributed by atoms with van der Waals surface area (Å²) in [5.74, 6) is 1.13. The van der Waals surface area contributed by atoms with Crippen LogP contribution in [0.2, 0.25) is 0 Å². The van der Waals surface area contributed by atoms with Gasteiger partial charge in [0.15, 0.2) is 0 Å². The lowest BCUT2D eigenvalue weighted by molar-refractivity contribution is 0.102. The molecule has 28 heavy (non-hydrogen) atoms. The van der Waals surface area contributed by atoms with Gasteiger partial charge in [-0.2, -0.15) is 0 Å². The van der Waals surface area contributed by atoms with Crippen LogP contribution in [0.4, 0.5) is 17.3 Å². The average Bonchev–Trinajstić information content (AvgIpc) is 2.75. The molecule has 4 rings (SSSR count). The molecule has 1 aliphatic heterocycles. The quantitative estimate of drug-likeness (QED) is 0.671. The van der Waals surface area contributed by atoms with E-state index in [1.165, 1.54) is 12.0 Å². The highest BCUT2D eigenvalue weighted by atomic mass is 79.9. The van der Waals surface area contributed by atoms with Crippen LogP contribution in [0.15, 0.2) is 71.5 Å². The molecule has 2 heterocycles. The molecular formula is C21H20BrN5O. The minimum absolute atomic E-state index is 0.195. The topological polar surface area (TPSA) is 61.4 Å². The predicted octanol–water partition coefficient (Wildman–Crippen LogP) is 3.82. The zero-order valence-corrected chi connectivity index (χ0v) is 16.8. The number of hydrogen-bond acceptors (Lipinski definition) is 5. The van der Waals surface area contributed by atoms with Crippen molar-refractivity contribution in [2.75, 3.05) is 41.3 Å². The molecule has 0 atom stereocenters. The van der Waals surface area contributed by atoms with E-state index in [9.17, 15) is 4.79 Å². The number of piperazine rings is 1. The van der Waals surface area contributed by atoms with Crippen LogP contribution in [-0.4, -0.2) is 42.1 Å². The monoisotopic (exact) mass is 437 g/mol. The first kappa shape index (κ1) is 18.4. The van der Waals surface area contributed by atoms with E-state index in [0.29, 0.717) is 11.4 Å². The maximum atomic E-state index is 12.4. The minimum Gasteiger partial charge on any atom is -0.368 e. The molecule has 6 nitrogen and oxygen atoms in total. The lowest BCUT2D eigenvalue weighted by atomic mass is 10.2. The van der Waals surface area contributed by atoms with Crippen LogP contribution < -0.4 is 15.1 Å². The molecule has 142 valence electrons. The Balaban J connectivity index is 1.41. The molecule has 0 aliphatic carbocycles. The van der Waals surface area contributed by atoms with Crippen molar-refractivity contribution in [3.63, 3.8) is 0 Å². The number of aromatic nitrogens is 2. The van der Waals surface area contributed by atoms with Crippen LogP contribution in [0.1, 0.15) is 10.4 Å². The zero-order chi connectivity index (χ0) is 19.3. The SMILES string of the molecule is O=C(Nc1cc(N2CCN(c3ccccc3)CC2)ncn1)c1cccc(Br)c1. The molecule has 1 amide bonds. The second-order valence-electron chi connectivity index (χ2n) is 6.54. The highest BCUT2D eigenvalue weighted by Gasteiger charge is 2.19. The fraction of sp³-hybridized carbons (Fsp3) is 0.190. The van der Waals surface area contributed by atoms with Gasteiger partial charge in [0, 0.05) is 48.0 Å². The number of hydrogen-bond donors (Lipinski definition) is 1. The van der Waals surface area contributed by atoms with Crippen LogP contribution in [0.25, 0.3) is 0 Å². The van der Waals surface area contributed by atoms with E-state index >= 15 is 0 Å². The zero-order valence-electron chi connectivity index (χ0n) is 15.3. The van der Waals surface area contributed by atoms with Crippen LogP contribution in [0, 0.1) is 0 Å². The summed E-state index contributed by atoms with van der Waals surface area (Å²) >= 11 is 3.38. The summed E-state index contributed by atoms with van der Waals surface area (Å²) < 4.78 is 0.861. The molecule has 7 heteroatoms. The summed E-state index contributed by atoms with van der Waals surface area (Å²) in [6.45, 7) is 3.58. The lowest BCUT2D eigenvalue weighted by Crippen LogP contribution is -2.46. The summed E-state index contributed by atoms with van der Waals surface area (Å²) in [6.07, 6.45) is 1.50. The number of halogens is 1. The molecule has 0 spiro atoms. The third-order valence-electron chi connectivity index (χ3n) is 4.71. The van der Waals surface area contributed by atoms with Crippen LogP contribution >= 0.6 is 15.9 Å². The van der Waals surface area contributed by atoms with Gasteiger partial charge in [-0.25, -0.2) is 9.97 Å². The van der Waals surface area contributed by atoms with Crippen LogP contribution in [-0.2, 0) is 0 Å². The maximum absolute atomic E-state index is 12.4. The van der Waals surface area contributed by atoms with Crippen molar-refractivity contribution in [1.29, 1.82) is 0 Å². The number of carbonyl (C=O) groups is 1. The maximum Gasteiger partial charge on any atom is 0.256 e. The molecule has 0 bridgehead atoms. The van der Waals surface area contributed by atoms with E-state index in [1.807, 2.05) is 24.3 Å². The standard InChI is InChI=1S/C21H20BrN5O/c22-17-6-4-5-16(13-17)21(28)25-19-14-20(24-15-23-19)27-11-9-26(10-12-27)18-7-2-1-3-8-18/h1-8,13-15H,9-12H2,(H,23,24,25,28). The van der Waals surface area contributed by atoms with E-state index in [4.69, 9.17) is 0 Å². The summed E-state index contributed by atoms with van der Waals surface area (Å²) in [5.41, 5.74) is 1.82. The molecule has 0 radical (unpaired) electrons. The van der Waals surface area contributed by atoms with Gasteiger partial charge >= 0.3 is 0 Å². The molecule has 0 saturated carbocycles. The Morgan fingerprint density at radius 2 is 1.64 bits per heavy atom. The fourth-order valence-corrected chi connectivity index (χ4v) is 3.64. The second kappa shape index (κ2) is 8.39. The highest BCUT2D eigenvalue weighted by molar-refractivity contribution is 9.10. The molecule has 1 aliphatic rings. The second-order valence-corrected chi connectivity index (χ2v) is 7.45. The van der Waals surface area contributed by atoms with Gasteiger partial charge in [0.1, 0.15) is 18.0 Å². The lowest BCUT2D eigenvalue weighted by Gasteiger charge is -2.36. The summed E-state index contributed by atoms with van der Waals surface area (Å²) in [7, 11) is 0. The number of amides is 1. The molecule has 1 saturated heterocycles. The predicted molar refractivity (Wildman–Crippen MR) is 115 cm³/mol. The Morgan fingerprint density at radius 1 is 0.893 bits per heavy atom. The Labute approximate surface area is 172 Å². The number of nitrogens with one attached hydrogen (secondary N) is 1. The normalized spacial score (nSPS) is 14.0. The number of para-hydroxylation sites is 1. The molecule has 1 aromatic heterocycles. The molecule has 2 aromatic carbocycles. The largest absolute Gasteiger partial charge is 0.368 e. The van der Waals surface area contributed by atoms with Gasteiger partial charge < -0.3 is 15.1 Å². The summed E-state index contributed by atoms with van der Waals surface area (Å²) in [4.78, 5) is 25.6. The highest BCUT2D eigenvalue weighted by Crippen LogP contribution is 2.20. The number of anilines is 3. The Morgan fingerprint density at radius 3 is 2.39 bits per heavy atom. The van der Waals surface area contributed by atoms with Crippen molar-refractivity contribution < 1.29 is 4.79 Å². The van der Waals surface area contributed by atoms with Crippen molar-refractivity contribution >= 4 is 39.2 Å². The van der Waals surface area contributed by atoms with Gasteiger partial charge in [-0.15, -0.1) is 0 Å². The van der Waals surface area contributed by atoms with Gasteiger partial charge in [0.05, 0.1) is 0 Å².